The zero-order valence-electron chi connectivity index (χ0n) is 11.0. The van der Waals surface area contributed by atoms with E-state index in [9.17, 15) is 4.79 Å². The molecule has 0 aromatic carbocycles. The molecule has 0 radical (unpaired) electrons. The predicted octanol–water partition coefficient (Wildman–Crippen LogP) is 0.988. The van der Waals surface area contributed by atoms with Gasteiger partial charge in [0.05, 0.1) is 5.69 Å². The van der Waals surface area contributed by atoms with Crippen molar-refractivity contribution in [1.29, 1.82) is 0 Å². The van der Waals surface area contributed by atoms with Crippen LogP contribution in [-0.2, 0) is 6.54 Å². The van der Waals surface area contributed by atoms with Crippen LogP contribution in [0.1, 0.15) is 24.2 Å². The Labute approximate surface area is 115 Å². The average Bonchev–Trinajstić information content (AvgIpc) is 2.71. The quantitative estimate of drug-likeness (QED) is 0.889. The van der Waals surface area contributed by atoms with Crippen molar-refractivity contribution < 1.29 is 0 Å². The standard InChI is InChI=1S/C13H18N4OS/c1-9-8-19-13-15-11(5-12(18)17(9)13)7-16-4-2-3-10(14)6-16/h5,8,10H,2-4,6-7,14H2,1H3. The maximum Gasteiger partial charge on any atom is 0.259 e. The highest BCUT2D eigenvalue weighted by Crippen LogP contribution is 2.14. The van der Waals surface area contributed by atoms with E-state index in [1.807, 2.05) is 12.3 Å². The van der Waals surface area contributed by atoms with Crippen LogP contribution in [0.15, 0.2) is 16.2 Å². The van der Waals surface area contributed by atoms with E-state index in [-0.39, 0.29) is 11.6 Å². The molecule has 1 aliphatic rings. The Morgan fingerprint density at radius 1 is 1.58 bits per heavy atom. The fraction of sp³-hybridized carbons (Fsp3) is 0.538. The summed E-state index contributed by atoms with van der Waals surface area (Å²) in [7, 11) is 0. The van der Waals surface area contributed by atoms with E-state index in [0.717, 1.165) is 48.8 Å². The van der Waals surface area contributed by atoms with Crippen molar-refractivity contribution in [3.05, 3.63) is 33.2 Å². The van der Waals surface area contributed by atoms with E-state index < -0.39 is 0 Å². The monoisotopic (exact) mass is 278 g/mol. The fourth-order valence-electron chi connectivity index (χ4n) is 2.65. The summed E-state index contributed by atoms with van der Waals surface area (Å²) in [6.07, 6.45) is 2.22. The molecule has 0 aliphatic carbocycles. The molecule has 1 unspecified atom stereocenters. The highest BCUT2D eigenvalue weighted by molar-refractivity contribution is 7.15. The Morgan fingerprint density at radius 3 is 3.21 bits per heavy atom. The minimum atomic E-state index is 0.0139. The van der Waals surface area contributed by atoms with Gasteiger partial charge in [-0.2, -0.15) is 0 Å². The molecule has 2 aromatic heterocycles. The van der Waals surface area contributed by atoms with Crippen LogP contribution in [-0.4, -0.2) is 33.4 Å². The zero-order chi connectivity index (χ0) is 13.4. The number of thiazole rings is 1. The van der Waals surface area contributed by atoms with Crippen molar-refractivity contribution in [2.45, 2.75) is 32.4 Å². The Kier molecular flexibility index (Phi) is 3.38. The van der Waals surface area contributed by atoms with Crippen LogP contribution in [0, 0.1) is 6.92 Å². The lowest BCUT2D eigenvalue weighted by atomic mass is 10.1. The maximum absolute atomic E-state index is 12.1. The normalized spacial score (nSPS) is 21.1. The number of rotatable bonds is 2. The number of piperidine rings is 1. The fourth-order valence-corrected chi connectivity index (χ4v) is 3.54. The van der Waals surface area contributed by atoms with E-state index in [0.29, 0.717) is 0 Å². The Balaban J connectivity index is 1.87. The van der Waals surface area contributed by atoms with Gasteiger partial charge in [0.25, 0.3) is 5.56 Å². The molecule has 5 nitrogen and oxygen atoms in total. The molecule has 6 heteroatoms. The summed E-state index contributed by atoms with van der Waals surface area (Å²) in [5, 5.41) is 1.96. The van der Waals surface area contributed by atoms with Crippen molar-refractivity contribution in [3.8, 4) is 0 Å². The molecule has 0 bridgehead atoms. The second-order valence-corrected chi connectivity index (χ2v) is 6.05. The SMILES string of the molecule is Cc1csc2nc(CN3CCCC(N)C3)cc(=O)n12. The van der Waals surface area contributed by atoms with Gasteiger partial charge in [-0.25, -0.2) is 4.98 Å². The van der Waals surface area contributed by atoms with E-state index in [2.05, 4.69) is 9.88 Å². The van der Waals surface area contributed by atoms with E-state index in [4.69, 9.17) is 5.73 Å². The number of nitrogens with two attached hydrogens (primary N) is 1. The van der Waals surface area contributed by atoms with Crippen molar-refractivity contribution in [2.75, 3.05) is 13.1 Å². The molecule has 1 fully saturated rings. The third-order valence-corrected chi connectivity index (χ3v) is 4.50. The van der Waals surface area contributed by atoms with Gasteiger partial charge in [0.1, 0.15) is 0 Å². The third kappa shape index (κ3) is 2.56. The molecule has 1 aliphatic heterocycles. The topological polar surface area (TPSA) is 63.6 Å². The van der Waals surface area contributed by atoms with E-state index in [1.165, 1.54) is 11.3 Å². The average molecular weight is 278 g/mol. The van der Waals surface area contributed by atoms with Gasteiger partial charge >= 0.3 is 0 Å². The smallest absolute Gasteiger partial charge is 0.259 e. The van der Waals surface area contributed by atoms with Gasteiger partial charge in [-0.1, -0.05) is 0 Å². The van der Waals surface area contributed by atoms with Gasteiger partial charge in [-0.3, -0.25) is 14.1 Å². The molecule has 2 N–H and O–H groups in total. The lowest BCUT2D eigenvalue weighted by Crippen LogP contribution is -2.42. The Bertz CT molecular complexity index is 648. The number of fused-ring (bicyclic) bond motifs is 1. The molecule has 1 saturated heterocycles. The van der Waals surface area contributed by atoms with Crippen LogP contribution >= 0.6 is 11.3 Å². The minimum Gasteiger partial charge on any atom is -0.327 e. The predicted molar refractivity (Wildman–Crippen MR) is 76.6 cm³/mol. The van der Waals surface area contributed by atoms with Gasteiger partial charge in [0.15, 0.2) is 4.96 Å². The summed E-state index contributed by atoms with van der Waals surface area (Å²) in [6, 6.07) is 1.90. The minimum absolute atomic E-state index is 0.0139. The molecule has 102 valence electrons. The third-order valence-electron chi connectivity index (χ3n) is 3.56. The number of likely N-dealkylation sites (tertiary alicyclic amines) is 1. The van der Waals surface area contributed by atoms with Crippen LogP contribution in [0.3, 0.4) is 0 Å². The highest BCUT2D eigenvalue weighted by atomic mass is 32.1. The van der Waals surface area contributed by atoms with Crippen molar-refractivity contribution in [2.24, 2.45) is 5.73 Å². The first kappa shape index (κ1) is 12.8. The van der Waals surface area contributed by atoms with E-state index in [1.54, 1.807) is 10.5 Å². The van der Waals surface area contributed by atoms with Crippen molar-refractivity contribution >= 4 is 16.3 Å². The zero-order valence-corrected chi connectivity index (χ0v) is 11.8. The summed E-state index contributed by atoms with van der Waals surface area (Å²) in [4.78, 5) is 19.7. The molecule has 0 spiro atoms. The maximum atomic E-state index is 12.1. The molecule has 3 heterocycles. The van der Waals surface area contributed by atoms with Crippen LogP contribution in [0.2, 0.25) is 0 Å². The second-order valence-electron chi connectivity index (χ2n) is 5.22. The van der Waals surface area contributed by atoms with Crippen LogP contribution in [0.5, 0.6) is 0 Å². The summed E-state index contributed by atoms with van der Waals surface area (Å²) in [6.45, 7) is 4.58. The first-order valence-electron chi connectivity index (χ1n) is 6.58. The molecule has 19 heavy (non-hydrogen) atoms. The van der Waals surface area contributed by atoms with Crippen LogP contribution in [0.4, 0.5) is 0 Å². The lowest BCUT2D eigenvalue weighted by Gasteiger charge is -2.30. The summed E-state index contributed by atoms with van der Waals surface area (Å²) in [5.74, 6) is 0. The summed E-state index contributed by atoms with van der Waals surface area (Å²) in [5.41, 5.74) is 7.79. The summed E-state index contributed by atoms with van der Waals surface area (Å²) >= 11 is 1.51. The highest BCUT2D eigenvalue weighted by Gasteiger charge is 2.17. The lowest BCUT2D eigenvalue weighted by molar-refractivity contribution is 0.199. The number of aryl methyl sites for hydroxylation is 1. The molecular formula is C13H18N4OS. The number of aromatic nitrogens is 2. The largest absolute Gasteiger partial charge is 0.327 e. The first-order valence-corrected chi connectivity index (χ1v) is 7.46. The van der Waals surface area contributed by atoms with Gasteiger partial charge in [0.2, 0.25) is 0 Å². The molecular weight excluding hydrogens is 260 g/mol. The number of hydrogen-bond acceptors (Lipinski definition) is 5. The molecule has 3 rings (SSSR count). The number of nitrogens with zero attached hydrogens (tertiary/aromatic N) is 3. The van der Waals surface area contributed by atoms with Crippen molar-refractivity contribution in [3.63, 3.8) is 0 Å². The van der Waals surface area contributed by atoms with Crippen molar-refractivity contribution in [1.82, 2.24) is 14.3 Å². The first-order chi connectivity index (χ1) is 9.13. The second kappa shape index (κ2) is 5.03. The van der Waals surface area contributed by atoms with Gasteiger partial charge in [-0.15, -0.1) is 11.3 Å². The summed E-state index contributed by atoms with van der Waals surface area (Å²) < 4.78 is 1.66. The van der Waals surface area contributed by atoms with Gasteiger partial charge < -0.3 is 5.73 Å². The van der Waals surface area contributed by atoms with E-state index >= 15 is 0 Å². The van der Waals surface area contributed by atoms with Crippen LogP contribution < -0.4 is 11.3 Å². The van der Waals surface area contributed by atoms with Crippen LogP contribution in [0.25, 0.3) is 4.96 Å². The molecule has 2 aromatic rings. The molecule has 0 saturated carbocycles. The number of hydrogen-bond donors (Lipinski definition) is 1. The Morgan fingerprint density at radius 2 is 2.42 bits per heavy atom. The molecule has 0 amide bonds. The Hall–Kier alpha value is -1.24. The van der Waals surface area contributed by atoms with Gasteiger partial charge in [0, 0.05) is 36.3 Å². The molecule has 1 atom stereocenters. The van der Waals surface area contributed by atoms with Gasteiger partial charge in [-0.05, 0) is 26.3 Å².